The Morgan fingerprint density at radius 3 is 2.83 bits per heavy atom. The first-order valence-corrected chi connectivity index (χ1v) is 9.75. The molecule has 1 unspecified atom stereocenters. The molecule has 1 aliphatic rings. The number of anilines is 1. The Hall–Kier alpha value is -1.31. The fraction of sp³-hybridized carbons (Fsp3) is 0.562. The van der Waals surface area contributed by atoms with Crippen molar-refractivity contribution in [2.45, 2.75) is 26.2 Å². The molecule has 0 saturated carbocycles. The third kappa shape index (κ3) is 6.67. The van der Waals surface area contributed by atoms with Crippen LogP contribution in [0.3, 0.4) is 0 Å². The summed E-state index contributed by atoms with van der Waals surface area (Å²) in [4.78, 5) is 12.2. The predicted molar refractivity (Wildman–Crippen MR) is 99.3 cm³/mol. The zero-order valence-corrected chi connectivity index (χ0v) is 15.5. The van der Waals surface area contributed by atoms with Crippen LogP contribution in [0.1, 0.15) is 36.5 Å². The second-order valence-electron chi connectivity index (χ2n) is 5.92. The van der Waals surface area contributed by atoms with Gasteiger partial charge in [0.1, 0.15) is 0 Å². The molecular weight excluding hydrogens is 350 g/mol. The lowest BCUT2D eigenvalue weighted by molar-refractivity contribution is 0.0945. The lowest BCUT2D eigenvalue weighted by Crippen LogP contribution is -2.38. The molecule has 1 amide bonds. The van der Waals surface area contributed by atoms with Crippen LogP contribution in [-0.2, 0) is 10.0 Å². The highest BCUT2D eigenvalue weighted by atomic mass is 35.5. The first-order valence-electron chi connectivity index (χ1n) is 8.09. The Balaban J connectivity index is 0.00000288. The van der Waals surface area contributed by atoms with Crippen LogP contribution in [0.15, 0.2) is 24.3 Å². The van der Waals surface area contributed by atoms with Gasteiger partial charge in [-0.05, 0) is 56.5 Å². The fourth-order valence-corrected chi connectivity index (χ4v) is 3.79. The van der Waals surface area contributed by atoms with Gasteiger partial charge in [0, 0.05) is 17.8 Å². The van der Waals surface area contributed by atoms with Gasteiger partial charge in [-0.2, -0.15) is 0 Å². The number of benzene rings is 1. The molecule has 0 radical (unpaired) electrons. The molecule has 0 aliphatic carbocycles. The van der Waals surface area contributed by atoms with Gasteiger partial charge in [0.25, 0.3) is 5.91 Å². The van der Waals surface area contributed by atoms with Crippen LogP contribution >= 0.6 is 12.4 Å². The van der Waals surface area contributed by atoms with Crippen molar-refractivity contribution in [3.8, 4) is 0 Å². The number of amides is 1. The summed E-state index contributed by atoms with van der Waals surface area (Å²) in [6.07, 6.45) is 2.80. The third-order valence-electron chi connectivity index (χ3n) is 3.82. The third-order valence-corrected chi connectivity index (χ3v) is 5.31. The predicted octanol–water partition coefficient (Wildman–Crippen LogP) is 1.99. The van der Waals surface area contributed by atoms with E-state index in [1.807, 2.05) is 6.92 Å². The quantitative estimate of drug-likeness (QED) is 0.680. The Kier molecular flexibility index (Phi) is 8.52. The van der Waals surface area contributed by atoms with Gasteiger partial charge in [0.2, 0.25) is 10.0 Å². The maximum absolute atomic E-state index is 12.2. The van der Waals surface area contributed by atoms with E-state index < -0.39 is 10.0 Å². The van der Waals surface area contributed by atoms with Gasteiger partial charge in [-0.25, -0.2) is 8.42 Å². The molecule has 1 fully saturated rings. The lowest BCUT2D eigenvalue weighted by Gasteiger charge is -2.22. The van der Waals surface area contributed by atoms with E-state index in [9.17, 15) is 13.2 Å². The van der Waals surface area contributed by atoms with Crippen molar-refractivity contribution in [2.24, 2.45) is 5.92 Å². The molecule has 136 valence electrons. The van der Waals surface area contributed by atoms with Crippen molar-refractivity contribution in [2.75, 3.05) is 30.1 Å². The summed E-state index contributed by atoms with van der Waals surface area (Å²) in [6.45, 7) is 4.42. The van der Waals surface area contributed by atoms with Crippen LogP contribution < -0.4 is 15.4 Å². The van der Waals surface area contributed by atoms with Gasteiger partial charge >= 0.3 is 0 Å². The summed E-state index contributed by atoms with van der Waals surface area (Å²) in [7, 11) is -3.35. The maximum atomic E-state index is 12.2. The highest BCUT2D eigenvalue weighted by molar-refractivity contribution is 7.92. The smallest absolute Gasteiger partial charge is 0.251 e. The minimum absolute atomic E-state index is 0. The molecule has 1 aliphatic heterocycles. The average molecular weight is 376 g/mol. The van der Waals surface area contributed by atoms with E-state index in [-0.39, 0.29) is 24.1 Å². The van der Waals surface area contributed by atoms with E-state index >= 15 is 0 Å². The van der Waals surface area contributed by atoms with Crippen LogP contribution in [0.5, 0.6) is 0 Å². The first-order chi connectivity index (χ1) is 11.0. The molecule has 8 heteroatoms. The number of hydrogen-bond acceptors (Lipinski definition) is 4. The van der Waals surface area contributed by atoms with Crippen LogP contribution in [0, 0.1) is 5.92 Å². The topological polar surface area (TPSA) is 87.3 Å². The minimum atomic E-state index is -3.35. The Bertz CT molecular complexity index is 631. The van der Waals surface area contributed by atoms with E-state index in [2.05, 4.69) is 15.4 Å². The van der Waals surface area contributed by atoms with Gasteiger partial charge in [0.05, 0.1) is 5.75 Å². The molecule has 3 N–H and O–H groups in total. The van der Waals surface area contributed by atoms with Gasteiger partial charge in [-0.3, -0.25) is 9.52 Å². The molecule has 1 atom stereocenters. The van der Waals surface area contributed by atoms with E-state index in [0.29, 0.717) is 30.1 Å². The Morgan fingerprint density at radius 1 is 1.38 bits per heavy atom. The van der Waals surface area contributed by atoms with Crippen molar-refractivity contribution in [3.05, 3.63) is 29.8 Å². The van der Waals surface area contributed by atoms with E-state index in [0.717, 1.165) is 25.9 Å². The maximum Gasteiger partial charge on any atom is 0.251 e. The van der Waals surface area contributed by atoms with E-state index in [1.54, 1.807) is 24.3 Å². The molecule has 1 heterocycles. The largest absolute Gasteiger partial charge is 0.352 e. The molecule has 0 spiro atoms. The molecule has 1 aromatic rings. The van der Waals surface area contributed by atoms with Gasteiger partial charge in [0.15, 0.2) is 0 Å². The second kappa shape index (κ2) is 9.86. The van der Waals surface area contributed by atoms with Crippen molar-refractivity contribution in [3.63, 3.8) is 0 Å². The molecule has 0 bridgehead atoms. The Labute approximate surface area is 150 Å². The number of hydrogen-bond donors (Lipinski definition) is 3. The molecular formula is C16H26ClN3O3S. The zero-order chi connectivity index (χ0) is 16.7. The van der Waals surface area contributed by atoms with Crippen molar-refractivity contribution < 1.29 is 13.2 Å². The van der Waals surface area contributed by atoms with Crippen molar-refractivity contribution >= 4 is 34.0 Å². The molecule has 1 aromatic carbocycles. The zero-order valence-electron chi connectivity index (χ0n) is 13.9. The summed E-state index contributed by atoms with van der Waals surface area (Å²) >= 11 is 0. The first kappa shape index (κ1) is 20.7. The average Bonchev–Trinajstić information content (AvgIpc) is 2.53. The number of nitrogens with one attached hydrogen (secondary N) is 3. The monoisotopic (exact) mass is 375 g/mol. The fourth-order valence-electron chi connectivity index (χ4n) is 2.66. The SMILES string of the molecule is CCCS(=O)(=O)Nc1cccc(C(=O)NCC2CCCNC2)c1.Cl. The summed E-state index contributed by atoms with van der Waals surface area (Å²) in [5.41, 5.74) is 0.885. The molecule has 2 rings (SSSR count). The highest BCUT2D eigenvalue weighted by Crippen LogP contribution is 2.14. The van der Waals surface area contributed by atoms with Crippen LogP contribution in [0.2, 0.25) is 0 Å². The normalized spacial score (nSPS) is 17.6. The summed E-state index contributed by atoms with van der Waals surface area (Å²) in [6, 6.07) is 6.59. The lowest BCUT2D eigenvalue weighted by atomic mass is 9.99. The number of rotatable bonds is 7. The summed E-state index contributed by atoms with van der Waals surface area (Å²) in [5, 5.41) is 6.24. The van der Waals surface area contributed by atoms with Crippen molar-refractivity contribution in [1.82, 2.24) is 10.6 Å². The minimum Gasteiger partial charge on any atom is -0.352 e. The standard InChI is InChI=1S/C16H25N3O3S.ClH/c1-2-9-23(21,22)19-15-7-3-6-14(10-15)16(20)18-12-13-5-4-8-17-11-13;/h3,6-7,10,13,17,19H,2,4-5,8-9,11-12H2,1H3,(H,18,20);1H. The second-order valence-corrected chi connectivity index (χ2v) is 7.77. The number of halogens is 1. The Morgan fingerprint density at radius 2 is 2.17 bits per heavy atom. The van der Waals surface area contributed by atoms with E-state index in [4.69, 9.17) is 0 Å². The highest BCUT2D eigenvalue weighted by Gasteiger charge is 2.15. The van der Waals surface area contributed by atoms with Crippen LogP contribution in [-0.4, -0.2) is 39.7 Å². The summed E-state index contributed by atoms with van der Waals surface area (Å²) < 4.78 is 26.1. The van der Waals surface area contributed by atoms with Gasteiger partial charge < -0.3 is 10.6 Å². The van der Waals surface area contributed by atoms with Gasteiger partial charge in [-0.15, -0.1) is 12.4 Å². The summed E-state index contributed by atoms with van der Waals surface area (Å²) in [5.74, 6) is 0.351. The number of piperidine rings is 1. The molecule has 0 aromatic heterocycles. The van der Waals surface area contributed by atoms with E-state index in [1.165, 1.54) is 0 Å². The van der Waals surface area contributed by atoms with Crippen molar-refractivity contribution in [1.29, 1.82) is 0 Å². The number of carbonyl (C=O) groups excluding carboxylic acids is 1. The molecule has 6 nitrogen and oxygen atoms in total. The number of carbonyl (C=O) groups is 1. The molecule has 1 saturated heterocycles. The van der Waals surface area contributed by atoms with Gasteiger partial charge in [-0.1, -0.05) is 13.0 Å². The number of sulfonamides is 1. The van der Waals surface area contributed by atoms with Crippen LogP contribution in [0.25, 0.3) is 0 Å². The van der Waals surface area contributed by atoms with Crippen LogP contribution in [0.4, 0.5) is 5.69 Å². The molecule has 24 heavy (non-hydrogen) atoms.